The number of fused-ring (bicyclic) bond motifs is 1. The summed E-state index contributed by atoms with van der Waals surface area (Å²) >= 11 is 0. The number of aliphatic hydroxyl groups excluding tert-OH is 1. The number of benzene rings is 2. The SMILES string of the molecule is CCCCOc1cccc([C@H]2C(=C(O)c3ccc4c(c3)OCCO4)C(=O)C(=O)N2CCCN2CCOCC2)c1. The lowest BCUT2D eigenvalue weighted by Crippen LogP contribution is -2.38. The fraction of sp³-hybridized carbons (Fsp3) is 0.467. The first-order valence-corrected chi connectivity index (χ1v) is 13.8. The summed E-state index contributed by atoms with van der Waals surface area (Å²) in [4.78, 5) is 30.7. The van der Waals surface area contributed by atoms with Gasteiger partial charge in [-0.05, 0) is 48.7 Å². The van der Waals surface area contributed by atoms with Gasteiger partial charge in [-0.2, -0.15) is 0 Å². The number of ether oxygens (including phenoxy) is 4. The van der Waals surface area contributed by atoms with E-state index in [-0.39, 0.29) is 11.3 Å². The van der Waals surface area contributed by atoms with Crippen LogP contribution in [-0.4, -0.2) is 85.8 Å². The van der Waals surface area contributed by atoms with Crippen LogP contribution < -0.4 is 14.2 Å². The first kappa shape index (κ1) is 27.0. The quantitative estimate of drug-likeness (QED) is 0.212. The van der Waals surface area contributed by atoms with Crippen LogP contribution in [0.5, 0.6) is 17.2 Å². The predicted octanol–water partition coefficient (Wildman–Crippen LogP) is 3.78. The van der Waals surface area contributed by atoms with E-state index in [9.17, 15) is 14.7 Å². The molecule has 3 aliphatic heterocycles. The third-order valence-electron chi connectivity index (χ3n) is 7.27. The Morgan fingerprint density at radius 2 is 1.77 bits per heavy atom. The molecule has 0 aromatic heterocycles. The molecule has 9 heteroatoms. The number of amides is 1. The number of unbranched alkanes of at least 4 members (excludes halogenated alkanes) is 1. The molecule has 0 bridgehead atoms. The van der Waals surface area contributed by atoms with Crippen LogP contribution in [0.15, 0.2) is 48.0 Å². The highest BCUT2D eigenvalue weighted by Gasteiger charge is 2.46. The fourth-order valence-corrected chi connectivity index (χ4v) is 5.20. The Morgan fingerprint density at radius 1 is 0.974 bits per heavy atom. The summed E-state index contributed by atoms with van der Waals surface area (Å²) in [5, 5.41) is 11.5. The lowest BCUT2D eigenvalue weighted by atomic mass is 9.95. The highest BCUT2D eigenvalue weighted by atomic mass is 16.6. The van der Waals surface area contributed by atoms with Gasteiger partial charge >= 0.3 is 0 Å². The number of morpholine rings is 1. The highest BCUT2D eigenvalue weighted by molar-refractivity contribution is 6.46. The average Bonchev–Trinajstić information content (AvgIpc) is 3.22. The largest absolute Gasteiger partial charge is 0.507 e. The maximum absolute atomic E-state index is 13.4. The number of carbonyl (C=O) groups is 2. The van der Waals surface area contributed by atoms with Crippen molar-refractivity contribution in [3.63, 3.8) is 0 Å². The van der Waals surface area contributed by atoms with Crippen molar-refractivity contribution in [2.45, 2.75) is 32.2 Å². The summed E-state index contributed by atoms with van der Waals surface area (Å²) in [5.74, 6) is 0.194. The fourth-order valence-electron chi connectivity index (χ4n) is 5.20. The highest BCUT2D eigenvalue weighted by Crippen LogP contribution is 2.41. The molecule has 9 nitrogen and oxygen atoms in total. The van der Waals surface area contributed by atoms with E-state index in [0.29, 0.717) is 74.4 Å². The minimum atomic E-state index is -0.738. The Morgan fingerprint density at radius 3 is 2.56 bits per heavy atom. The van der Waals surface area contributed by atoms with Gasteiger partial charge in [0.15, 0.2) is 11.5 Å². The molecule has 0 unspecified atom stereocenters. The first-order valence-electron chi connectivity index (χ1n) is 13.8. The van der Waals surface area contributed by atoms with Crippen molar-refractivity contribution in [2.24, 2.45) is 0 Å². The molecule has 5 rings (SSSR count). The monoisotopic (exact) mass is 536 g/mol. The molecule has 39 heavy (non-hydrogen) atoms. The summed E-state index contributed by atoms with van der Waals surface area (Å²) in [5.41, 5.74) is 1.17. The van der Waals surface area contributed by atoms with Crippen LogP contribution >= 0.6 is 0 Å². The number of carbonyl (C=O) groups excluding carboxylic acids is 2. The molecule has 2 saturated heterocycles. The maximum atomic E-state index is 13.4. The second-order valence-electron chi connectivity index (χ2n) is 9.93. The normalized spacial score (nSPS) is 20.8. The number of rotatable bonds is 10. The van der Waals surface area contributed by atoms with Crippen molar-refractivity contribution in [3.8, 4) is 17.2 Å². The number of hydrogen-bond acceptors (Lipinski definition) is 8. The maximum Gasteiger partial charge on any atom is 0.295 e. The molecule has 3 heterocycles. The van der Waals surface area contributed by atoms with Crippen LogP contribution in [0.2, 0.25) is 0 Å². The van der Waals surface area contributed by atoms with E-state index in [1.165, 1.54) is 0 Å². The molecule has 0 saturated carbocycles. The van der Waals surface area contributed by atoms with Gasteiger partial charge in [0.05, 0.1) is 31.4 Å². The summed E-state index contributed by atoms with van der Waals surface area (Å²) in [7, 11) is 0. The molecular weight excluding hydrogens is 500 g/mol. The van der Waals surface area contributed by atoms with E-state index in [0.717, 1.165) is 32.5 Å². The summed E-state index contributed by atoms with van der Waals surface area (Å²) in [6.45, 7) is 7.80. The molecule has 1 N–H and O–H groups in total. The van der Waals surface area contributed by atoms with Gasteiger partial charge in [-0.3, -0.25) is 14.5 Å². The number of aliphatic hydroxyl groups is 1. The third kappa shape index (κ3) is 6.04. The van der Waals surface area contributed by atoms with Crippen molar-refractivity contribution in [1.82, 2.24) is 9.80 Å². The van der Waals surface area contributed by atoms with Gasteiger partial charge in [0.25, 0.3) is 11.7 Å². The molecule has 1 amide bonds. The molecule has 0 radical (unpaired) electrons. The number of hydrogen-bond donors (Lipinski definition) is 1. The van der Waals surface area contributed by atoms with Gasteiger partial charge in [-0.1, -0.05) is 25.5 Å². The van der Waals surface area contributed by atoms with Gasteiger partial charge in [0, 0.05) is 31.7 Å². The van der Waals surface area contributed by atoms with Gasteiger partial charge in [0.1, 0.15) is 24.7 Å². The van der Waals surface area contributed by atoms with E-state index >= 15 is 0 Å². The Bertz CT molecular complexity index is 1220. The summed E-state index contributed by atoms with van der Waals surface area (Å²) < 4.78 is 22.6. The number of ketones is 1. The second-order valence-corrected chi connectivity index (χ2v) is 9.93. The Hall–Kier alpha value is -3.56. The van der Waals surface area contributed by atoms with Gasteiger partial charge < -0.3 is 29.0 Å². The minimum Gasteiger partial charge on any atom is -0.507 e. The zero-order chi connectivity index (χ0) is 27.2. The molecular formula is C30H36N2O7. The number of Topliss-reactive ketones (excluding diaryl/α,β-unsaturated/α-hetero) is 1. The van der Waals surface area contributed by atoms with E-state index in [2.05, 4.69) is 11.8 Å². The van der Waals surface area contributed by atoms with Gasteiger partial charge in [-0.25, -0.2) is 0 Å². The topological polar surface area (TPSA) is 97.8 Å². The lowest BCUT2D eigenvalue weighted by Gasteiger charge is -2.29. The Labute approximate surface area is 228 Å². The molecule has 3 aliphatic rings. The zero-order valence-corrected chi connectivity index (χ0v) is 22.4. The molecule has 1 atom stereocenters. The third-order valence-corrected chi connectivity index (χ3v) is 7.27. The van der Waals surface area contributed by atoms with Crippen LogP contribution in [0.4, 0.5) is 0 Å². The molecule has 2 fully saturated rings. The molecule has 208 valence electrons. The van der Waals surface area contributed by atoms with Gasteiger partial charge in [-0.15, -0.1) is 0 Å². The zero-order valence-electron chi connectivity index (χ0n) is 22.4. The number of nitrogens with zero attached hydrogens (tertiary/aromatic N) is 2. The molecule has 0 spiro atoms. The smallest absolute Gasteiger partial charge is 0.295 e. The van der Waals surface area contributed by atoms with Gasteiger partial charge in [0.2, 0.25) is 0 Å². The first-order chi connectivity index (χ1) is 19.1. The lowest BCUT2D eigenvalue weighted by molar-refractivity contribution is -0.140. The van der Waals surface area contributed by atoms with Crippen LogP contribution in [0, 0.1) is 0 Å². The van der Waals surface area contributed by atoms with E-state index in [1.54, 1.807) is 23.1 Å². The van der Waals surface area contributed by atoms with E-state index in [4.69, 9.17) is 18.9 Å². The van der Waals surface area contributed by atoms with Crippen LogP contribution in [0.1, 0.15) is 43.4 Å². The van der Waals surface area contributed by atoms with E-state index in [1.807, 2.05) is 24.3 Å². The molecule has 2 aromatic rings. The van der Waals surface area contributed by atoms with Crippen molar-refractivity contribution >= 4 is 17.4 Å². The summed E-state index contributed by atoms with van der Waals surface area (Å²) in [6.07, 6.45) is 2.63. The standard InChI is InChI=1S/C30H36N2O7/c1-2-3-14-37-23-7-4-6-21(19-23)27-26(28(33)22-8-9-24-25(20-22)39-18-17-38-24)29(34)30(35)32(27)11-5-10-31-12-15-36-16-13-31/h4,6-9,19-20,27,33H,2-3,5,10-18H2,1H3/t27-/m0/s1. The molecule has 0 aliphatic carbocycles. The van der Waals surface area contributed by atoms with Crippen LogP contribution in [0.3, 0.4) is 0 Å². The van der Waals surface area contributed by atoms with Crippen molar-refractivity contribution in [2.75, 3.05) is 59.2 Å². The summed E-state index contributed by atoms with van der Waals surface area (Å²) in [6, 6.07) is 11.7. The van der Waals surface area contributed by atoms with Crippen LogP contribution in [0.25, 0.3) is 5.76 Å². The van der Waals surface area contributed by atoms with E-state index < -0.39 is 17.7 Å². The Kier molecular flexibility index (Phi) is 8.68. The minimum absolute atomic E-state index is 0.0637. The van der Waals surface area contributed by atoms with Crippen molar-refractivity contribution < 1.29 is 33.6 Å². The van der Waals surface area contributed by atoms with Crippen LogP contribution in [-0.2, 0) is 14.3 Å². The molecule has 2 aromatic carbocycles. The Balaban J connectivity index is 1.48. The second kappa shape index (κ2) is 12.5. The van der Waals surface area contributed by atoms with Crippen molar-refractivity contribution in [3.05, 3.63) is 59.2 Å². The van der Waals surface area contributed by atoms with Crippen molar-refractivity contribution in [1.29, 1.82) is 0 Å². The average molecular weight is 537 g/mol. The number of likely N-dealkylation sites (tertiary alicyclic amines) is 1. The predicted molar refractivity (Wildman–Crippen MR) is 145 cm³/mol.